The van der Waals surface area contributed by atoms with E-state index in [1.807, 2.05) is 13.0 Å². The molecule has 1 aliphatic rings. The smallest absolute Gasteiger partial charge is 0.128 e. The Kier molecular flexibility index (Phi) is 4.81. The van der Waals surface area contributed by atoms with Crippen molar-refractivity contribution in [3.8, 4) is 0 Å². The molecule has 0 radical (unpaired) electrons. The van der Waals surface area contributed by atoms with E-state index < -0.39 is 0 Å². The predicted molar refractivity (Wildman–Crippen MR) is 79.0 cm³/mol. The first-order valence-corrected chi connectivity index (χ1v) is 7.43. The standard InChI is InChI=1S/C16H25FN2/c1-3-13-7-4-5-10-19(13)16-9-6-8-15(17)14(16)11-12(2)18/h6,8-9,12-13H,3-5,7,10-11,18H2,1-2H3. The SMILES string of the molecule is CCC1CCCCN1c1cccc(F)c1CC(C)N. The van der Waals surface area contributed by atoms with Crippen molar-refractivity contribution in [2.75, 3.05) is 11.4 Å². The number of piperidine rings is 1. The van der Waals surface area contributed by atoms with Gasteiger partial charge in [0.05, 0.1) is 0 Å². The van der Waals surface area contributed by atoms with Crippen molar-refractivity contribution in [3.63, 3.8) is 0 Å². The predicted octanol–water partition coefficient (Wildman–Crippen LogP) is 3.48. The van der Waals surface area contributed by atoms with Crippen LogP contribution in [0.2, 0.25) is 0 Å². The van der Waals surface area contributed by atoms with Crippen molar-refractivity contribution in [2.45, 2.75) is 58.0 Å². The van der Waals surface area contributed by atoms with Crippen molar-refractivity contribution in [3.05, 3.63) is 29.6 Å². The number of benzene rings is 1. The number of nitrogens with zero attached hydrogens (tertiary/aromatic N) is 1. The third kappa shape index (κ3) is 3.27. The second kappa shape index (κ2) is 6.38. The molecular formula is C16H25FN2. The van der Waals surface area contributed by atoms with Gasteiger partial charge < -0.3 is 10.6 Å². The van der Waals surface area contributed by atoms with Crippen LogP contribution in [0.3, 0.4) is 0 Å². The molecule has 2 nitrogen and oxygen atoms in total. The molecule has 2 atom stereocenters. The second-order valence-electron chi connectivity index (χ2n) is 5.67. The lowest BCUT2D eigenvalue weighted by molar-refractivity contribution is 0.447. The summed E-state index contributed by atoms with van der Waals surface area (Å²) in [4.78, 5) is 2.39. The minimum absolute atomic E-state index is 0.0134. The van der Waals surface area contributed by atoms with Crippen LogP contribution >= 0.6 is 0 Å². The van der Waals surface area contributed by atoms with Gasteiger partial charge in [-0.05, 0) is 51.2 Å². The largest absolute Gasteiger partial charge is 0.368 e. The highest BCUT2D eigenvalue weighted by Gasteiger charge is 2.24. The molecule has 1 aromatic rings. The zero-order valence-corrected chi connectivity index (χ0v) is 12.0. The van der Waals surface area contributed by atoms with E-state index in [0.717, 1.165) is 24.2 Å². The maximum absolute atomic E-state index is 14.1. The molecule has 0 saturated carbocycles. The zero-order chi connectivity index (χ0) is 13.8. The number of nitrogens with two attached hydrogens (primary N) is 1. The highest BCUT2D eigenvalue weighted by molar-refractivity contribution is 5.55. The van der Waals surface area contributed by atoms with E-state index >= 15 is 0 Å². The normalized spacial score (nSPS) is 21.5. The van der Waals surface area contributed by atoms with Gasteiger partial charge in [-0.25, -0.2) is 4.39 Å². The van der Waals surface area contributed by atoms with Crippen LogP contribution in [-0.2, 0) is 6.42 Å². The first-order chi connectivity index (χ1) is 9.13. The fourth-order valence-corrected chi connectivity index (χ4v) is 3.08. The average molecular weight is 264 g/mol. The Bertz CT molecular complexity index is 417. The van der Waals surface area contributed by atoms with Gasteiger partial charge in [0.2, 0.25) is 0 Å². The first kappa shape index (κ1) is 14.3. The fraction of sp³-hybridized carbons (Fsp3) is 0.625. The minimum atomic E-state index is -0.116. The monoisotopic (exact) mass is 264 g/mol. The van der Waals surface area contributed by atoms with Gasteiger partial charge in [-0.2, -0.15) is 0 Å². The number of hydrogen-bond acceptors (Lipinski definition) is 2. The average Bonchev–Trinajstić information content (AvgIpc) is 2.40. The molecule has 106 valence electrons. The Hall–Kier alpha value is -1.09. The number of hydrogen-bond donors (Lipinski definition) is 1. The molecule has 0 amide bonds. The van der Waals surface area contributed by atoms with Crippen LogP contribution in [0.15, 0.2) is 18.2 Å². The lowest BCUT2D eigenvalue weighted by Gasteiger charge is -2.38. The van der Waals surface area contributed by atoms with Crippen molar-refractivity contribution >= 4 is 5.69 Å². The Morgan fingerprint density at radius 2 is 2.21 bits per heavy atom. The van der Waals surface area contributed by atoms with E-state index in [2.05, 4.69) is 17.9 Å². The Morgan fingerprint density at radius 3 is 2.89 bits per heavy atom. The van der Waals surface area contributed by atoms with Gasteiger partial charge in [0.15, 0.2) is 0 Å². The molecule has 3 heteroatoms. The molecule has 0 spiro atoms. The lowest BCUT2D eigenvalue weighted by Crippen LogP contribution is -2.40. The van der Waals surface area contributed by atoms with Gasteiger partial charge in [-0.15, -0.1) is 0 Å². The topological polar surface area (TPSA) is 29.3 Å². The quantitative estimate of drug-likeness (QED) is 0.902. The van der Waals surface area contributed by atoms with Crippen LogP contribution in [-0.4, -0.2) is 18.6 Å². The van der Waals surface area contributed by atoms with Crippen LogP contribution in [0.4, 0.5) is 10.1 Å². The molecule has 1 saturated heterocycles. The van der Waals surface area contributed by atoms with Gasteiger partial charge in [0.1, 0.15) is 5.82 Å². The van der Waals surface area contributed by atoms with Gasteiger partial charge in [-0.1, -0.05) is 13.0 Å². The van der Waals surface area contributed by atoms with Crippen LogP contribution in [0, 0.1) is 5.82 Å². The molecule has 2 N–H and O–H groups in total. The molecular weight excluding hydrogens is 239 g/mol. The number of halogens is 1. The van der Waals surface area contributed by atoms with Crippen molar-refractivity contribution < 1.29 is 4.39 Å². The highest BCUT2D eigenvalue weighted by Crippen LogP contribution is 2.31. The third-order valence-corrected chi connectivity index (χ3v) is 4.03. The summed E-state index contributed by atoms with van der Waals surface area (Å²) in [5.74, 6) is -0.116. The minimum Gasteiger partial charge on any atom is -0.368 e. The number of anilines is 1. The zero-order valence-electron chi connectivity index (χ0n) is 12.0. The van der Waals surface area contributed by atoms with Gasteiger partial charge >= 0.3 is 0 Å². The van der Waals surface area contributed by atoms with E-state index in [9.17, 15) is 4.39 Å². The Morgan fingerprint density at radius 1 is 1.42 bits per heavy atom. The van der Waals surface area contributed by atoms with Crippen molar-refractivity contribution in [1.82, 2.24) is 0 Å². The summed E-state index contributed by atoms with van der Waals surface area (Å²) in [6.07, 6.45) is 5.42. The third-order valence-electron chi connectivity index (χ3n) is 4.03. The molecule has 1 heterocycles. The maximum atomic E-state index is 14.1. The summed E-state index contributed by atoms with van der Waals surface area (Å²) in [6.45, 7) is 5.19. The van der Waals surface area contributed by atoms with E-state index in [1.165, 1.54) is 19.3 Å². The highest BCUT2D eigenvalue weighted by atomic mass is 19.1. The summed E-state index contributed by atoms with van der Waals surface area (Å²) in [6, 6.07) is 5.94. The van der Waals surface area contributed by atoms with Gasteiger partial charge in [-0.3, -0.25) is 0 Å². The lowest BCUT2D eigenvalue weighted by atomic mass is 9.96. The Labute approximate surface area is 115 Å². The molecule has 1 fully saturated rings. The molecule has 2 unspecified atom stereocenters. The van der Waals surface area contributed by atoms with E-state index in [-0.39, 0.29) is 11.9 Å². The molecule has 2 rings (SSSR count). The summed E-state index contributed by atoms with van der Waals surface area (Å²) < 4.78 is 14.1. The molecule has 1 aromatic carbocycles. The van der Waals surface area contributed by atoms with E-state index in [0.29, 0.717) is 12.5 Å². The van der Waals surface area contributed by atoms with Crippen LogP contribution in [0.25, 0.3) is 0 Å². The molecule has 1 aliphatic heterocycles. The fourth-order valence-electron chi connectivity index (χ4n) is 3.08. The summed E-state index contributed by atoms with van der Waals surface area (Å²) in [5.41, 5.74) is 7.72. The van der Waals surface area contributed by atoms with Gasteiger partial charge in [0.25, 0.3) is 0 Å². The summed E-state index contributed by atoms with van der Waals surface area (Å²) >= 11 is 0. The van der Waals surface area contributed by atoms with E-state index in [1.54, 1.807) is 6.07 Å². The summed E-state index contributed by atoms with van der Waals surface area (Å²) in [7, 11) is 0. The van der Waals surface area contributed by atoms with E-state index in [4.69, 9.17) is 5.73 Å². The first-order valence-electron chi connectivity index (χ1n) is 7.43. The summed E-state index contributed by atoms with van der Waals surface area (Å²) in [5, 5.41) is 0. The van der Waals surface area contributed by atoms with Crippen LogP contribution < -0.4 is 10.6 Å². The molecule has 0 bridgehead atoms. The van der Waals surface area contributed by atoms with Crippen LogP contribution in [0.1, 0.15) is 45.1 Å². The molecule has 0 aliphatic carbocycles. The maximum Gasteiger partial charge on any atom is 0.128 e. The number of rotatable bonds is 4. The molecule has 0 aromatic heterocycles. The van der Waals surface area contributed by atoms with Gasteiger partial charge in [0, 0.05) is 29.9 Å². The van der Waals surface area contributed by atoms with Crippen molar-refractivity contribution in [2.24, 2.45) is 5.73 Å². The van der Waals surface area contributed by atoms with Crippen molar-refractivity contribution in [1.29, 1.82) is 0 Å². The van der Waals surface area contributed by atoms with Crippen LogP contribution in [0.5, 0.6) is 0 Å². The molecule has 19 heavy (non-hydrogen) atoms. The second-order valence-corrected chi connectivity index (χ2v) is 5.67. The Balaban J connectivity index is 2.34.